The molecule has 0 amide bonds. The summed E-state index contributed by atoms with van der Waals surface area (Å²) in [4.78, 5) is 19.6. The van der Waals surface area contributed by atoms with Gasteiger partial charge in [0.1, 0.15) is 4.90 Å². The highest BCUT2D eigenvalue weighted by atomic mass is 32.2. The monoisotopic (exact) mass is 483 g/mol. The summed E-state index contributed by atoms with van der Waals surface area (Å²) in [5.74, 6) is 0.113. The van der Waals surface area contributed by atoms with E-state index in [-0.39, 0.29) is 22.3 Å². The maximum absolute atomic E-state index is 13.9. The van der Waals surface area contributed by atoms with Gasteiger partial charge >= 0.3 is 0 Å². The van der Waals surface area contributed by atoms with E-state index < -0.39 is 10.0 Å². The van der Waals surface area contributed by atoms with Gasteiger partial charge in [-0.3, -0.25) is 9.89 Å². The fraction of sp³-hybridized carbons (Fsp3) is 0.440. The van der Waals surface area contributed by atoms with E-state index >= 15 is 0 Å². The predicted octanol–water partition coefficient (Wildman–Crippen LogP) is 3.04. The first-order chi connectivity index (χ1) is 16.4. The number of nitrogens with one attached hydrogen (secondary N) is 1. The zero-order chi connectivity index (χ0) is 24.1. The van der Waals surface area contributed by atoms with Crippen LogP contribution in [-0.4, -0.2) is 65.6 Å². The second-order valence-corrected chi connectivity index (χ2v) is 11.0. The van der Waals surface area contributed by atoms with Gasteiger partial charge in [0.25, 0.3) is 5.56 Å². The van der Waals surface area contributed by atoms with Crippen LogP contribution in [-0.2, 0) is 16.4 Å². The molecular formula is C25H33N5O3S. The molecule has 0 bridgehead atoms. The topological polar surface area (TPSA) is 91.3 Å². The molecular weight excluding hydrogens is 450 g/mol. The van der Waals surface area contributed by atoms with Crippen molar-refractivity contribution in [1.82, 2.24) is 24.0 Å². The van der Waals surface area contributed by atoms with E-state index in [0.717, 1.165) is 44.2 Å². The molecule has 3 aromatic rings. The summed E-state index contributed by atoms with van der Waals surface area (Å²) in [5, 5.41) is 2.94. The summed E-state index contributed by atoms with van der Waals surface area (Å²) in [5.41, 5.74) is 1.27. The average molecular weight is 484 g/mol. The minimum atomic E-state index is -3.86. The quantitative estimate of drug-likeness (QED) is 0.479. The van der Waals surface area contributed by atoms with Gasteiger partial charge in [0.05, 0.1) is 0 Å². The molecule has 0 saturated heterocycles. The lowest BCUT2D eigenvalue weighted by atomic mass is 10.1. The molecule has 0 unspecified atom stereocenters. The van der Waals surface area contributed by atoms with Gasteiger partial charge in [-0.2, -0.15) is 4.31 Å². The maximum atomic E-state index is 13.9. The number of sulfonamides is 1. The van der Waals surface area contributed by atoms with Gasteiger partial charge in [-0.25, -0.2) is 18.1 Å². The third-order valence-electron chi connectivity index (χ3n) is 6.35. The van der Waals surface area contributed by atoms with Crippen LogP contribution in [0.3, 0.4) is 0 Å². The van der Waals surface area contributed by atoms with Crippen molar-refractivity contribution in [3.63, 3.8) is 0 Å². The Bertz CT molecular complexity index is 1240. The van der Waals surface area contributed by atoms with E-state index in [0.29, 0.717) is 18.5 Å². The second kappa shape index (κ2) is 10.7. The molecule has 1 aliphatic carbocycles. The summed E-state index contributed by atoms with van der Waals surface area (Å²) in [6.07, 6.45) is 8.13. The molecule has 2 heterocycles. The number of aromatic nitrogens is 3. The summed E-state index contributed by atoms with van der Waals surface area (Å²) >= 11 is 0. The fourth-order valence-electron chi connectivity index (χ4n) is 4.62. The number of hydrogen-bond donors (Lipinski definition) is 1. The van der Waals surface area contributed by atoms with Crippen molar-refractivity contribution in [2.45, 2.75) is 49.5 Å². The summed E-state index contributed by atoms with van der Waals surface area (Å²) in [7, 11) is 0.114. The largest absolute Gasteiger partial charge is 0.309 e. The second-order valence-electron chi connectivity index (χ2n) is 9.14. The van der Waals surface area contributed by atoms with Gasteiger partial charge < -0.3 is 4.90 Å². The number of H-pyrrole nitrogens is 1. The average Bonchev–Trinajstić information content (AvgIpc) is 3.48. The van der Waals surface area contributed by atoms with Gasteiger partial charge in [0.2, 0.25) is 10.0 Å². The van der Waals surface area contributed by atoms with Crippen LogP contribution in [0.2, 0.25) is 0 Å². The van der Waals surface area contributed by atoms with Crippen molar-refractivity contribution in [2.24, 2.45) is 0 Å². The first-order valence-corrected chi connectivity index (χ1v) is 13.3. The Hall–Kier alpha value is -2.75. The van der Waals surface area contributed by atoms with Crippen molar-refractivity contribution in [3.8, 4) is 5.82 Å². The number of rotatable bonds is 10. The molecule has 0 aliphatic heterocycles. The predicted molar refractivity (Wildman–Crippen MR) is 133 cm³/mol. The smallest absolute Gasteiger partial charge is 0.276 e. The Kier molecular flexibility index (Phi) is 7.65. The molecule has 4 rings (SSSR count). The number of nitrogens with zero attached hydrogens (tertiary/aromatic N) is 4. The Morgan fingerprint density at radius 2 is 1.79 bits per heavy atom. The molecule has 9 heteroatoms. The third-order valence-corrected chi connectivity index (χ3v) is 8.32. The molecule has 1 aliphatic rings. The van der Waals surface area contributed by atoms with E-state index in [4.69, 9.17) is 0 Å². The summed E-state index contributed by atoms with van der Waals surface area (Å²) in [6.45, 7) is 1.25. The first-order valence-electron chi connectivity index (χ1n) is 11.8. The first kappa shape index (κ1) is 24.4. The van der Waals surface area contributed by atoms with E-state index in [1.807, 2.05) is 44.4 Å². The van der Waals surface area contributed by atoms with Gasteiger partial charge in [0, 0.05) is 37.0 Å². The molecule has 0 atom stereocenters. The SMILES string of the molecule is CN(C)CCCN(C1CCCC1)S(=O)(=O)c1cccnc1-n1[nH]cc(Cc2ccccc2)c1=O. The highest BCUT2D eigenvalue weighted by Gasteiger charge is 2.35. The van der Waals surface area contributed by atoms with E-state index in [1.165, 1.54) is 10.9 Å². The normalized spacial score (nSPS) is 14.9. The van der Waals surface area contributed by atoms with Crippen molar-refractivity contribution in [3.05, 3.63) is 76.3 Å². The van der Waals surface area contributed by atoms with Crippen LogP contribution in [0.1, 0.15) is 43.2 Å². The molecule has 1 fully saturated rings. The highest BCUT2D eigenvalue weighted by Crippen LogP contribution is 2.30. The van der Waals surface area contributed by atoms with Gasteiger partial charge in [-0.1, -0.05) is 43.2 Å². The Morgan fingerprint density at radius 3 is 2.50 bits per heavy atom. The lowest BCUT2D eigenvalue weighted by Gasteiger charge is -2.29. The summed E-state index contributed by atoms with van der Waals surface area (Å²) in [6, 6.07) is 12.8. The lowest BCUT2D eigenvalue weighted by molar-refractivity contribution is 0.297. The Balaban J connectivity index is 1.69. The van der Waals surface area contributed by atoms with Crippen LogP contribution < -0.4 is 5.56 Å². The molecule has 1 aromatic carbocycles. The molecule has 0 radical (unpaired) electrons. The fourth-order valence-corrected chi connectivity index (χ4v) is 6.47. The number of hydrogen-bond acceptors (Lipinski definition) is 5. The van der Waals surface area contributed by atoms with Crippen LogP contribution in [0.5, 0.6) is 0 Å². The molecule has 34 heavy (non-hydrogen) atoms. The minimum absolute atomic E-state index is 0.0192. The van der Waals surface area contributed by atoms with Gasteiger partial charge in [-0.15, -0.1) is 0 Å². The van der Waals surface area contributed by atoms with Gasteiger partial charge in [0.15, 0.2) is 5.82 Å². The molecule has 182 valence electrons. The number of pyridine rings is 1. The highest BCUT2D eigenvalue weighted by molar-refractivity contribution is 7.89. The van der Waals surface area contributed by atoms with Crippen LogP contribution in [0, 0.1) is 0 Å². The molecule has 1 saturated carbocycles. The number of benzene rings is 1. The zero-order valence-electron chi connectivity index (χ0n) is 19.9. The summed E-state index contributed by atoms with van der Waals surface area (Å²) < 4.78 is 30.8. The van der Waals surface area contributed by atoms with Gasteiger partial charge in [-0.05, 0) is 57.6 Å². The van der Waals surface area contributed by atoms with E-state index in [2.05, 4.69) is 15.0 Å². The standard InChI is InChI=1S/C25H33N5O3S/c1-28(2)16-9-17-29(22-12-6-7-13-22)34(32,33)23-14-8-15-26-24(23)30-25(31)21(19-27-30)18-20-10-4-3-5-11-20/h3-5,8,10-11,14-15,19,22,27H,6-7,9,12-13,16-18H2,1-2H3. The maximum Gasteiger partial charge on any atom is 0.276 e. The lowest BCUT2D eigenvalue weighted by Crippen LogP contribution is -2.41. The number of aromatic amines is 1. The van der Waals surface area contributed by atoms with Crippen LogP contribution in [0.15, 0.2) is 64.5 Å². The van der Waals surface area contributed by atoms with Crippen LogP contribution >= 0.6 is 0 Å². The molecule has 2 aromatic heterocycles. The molecule has 0 spiro atoms. The van der Waals surface area contributed by atoms with Crippen molar-refractivity contribution >= 4 is 10.0 Å². The Labute approximate surface area is 201 Å². The minimum Gasteiger partial charge on any atom is -0.309 e. The van der Waals surface area contributed by atoms with Crippen molar-refractivity contribution < 1.29 is 8.42 Å². The van der Waals surface area contributed by atoms with Crippen LogP contribution in [0.25, 0.3) is 5.82 Å². The molecule has 1 N–H and O–H groups in total. The van der Waals surface area contributed by atoms with E-state index in [1.54, 1.807) is 22.6 Å². The molecule has 8 nitrogen and oxygen atoms in total. The zero-order valence-corrected chi connectivity index (χ0v) is 20.7. The van der Waals surface area contributed by atoms with E-state index in [9.17, 15) is 13.2 Å². The third kappa shape index (κ3) is 5.32. The van der Waals surface area contributed by atoms with Crippen molar-refractivity contribution in [2.75, 3.05) is 27.2 Å². The Morgan fingerprint density at radius 1 is 1.06 bits per heavy atom. The van der Waals surface area contributed by atoms with Crippen LogP contribution in [0.4, 0.5) is 0 Å². The van der Waals surface area contributed by atoms with Crippen molar-refractivity contribution in [1.29, 1.82) is 0 Å².